The van der Waals surface area contributed by atoms with Gasteiger partial charge in [0.15, 0.2) is 0 Å². The lowest BCUT2D eigenvalue weighted by Gasteiger charge is -2.14. The molecule has 3 aromatic rings. The topological polar surface area (TPSA) is 86.5 Å². The van der Waals surface area contributed by atoms with Crippen molar-refractivity contribution in [1.29, 1.82) is 5.26 Å². The van der Waals surface area contributed by atoms with Crippen molar-refractivity contribution >= 4 is 0 Å². The van der Waals surface area contributed by atoms with Crippen LogP contribution in [0.15, 0.2) is 42.5 Å². The largest absolute Gasteiger partial charge is 0.481 e. The number of hydrogen-bond donors (Lipinski definition) is 0. The molecule has 7 nitrogen and oxygen atoms in total. The first-order chi connectivity index (χ1) is 13.7. The van der Waals surface area contributed by atoms with Crippen LogP contribution in [-0.2, 0) is 0 Å². The second kappa shape index (κ2) is 8.27. The van der Waals surface area contributed by atoms with Crippen LogP contribution in [0.4, 0.5) is 0 Å². The third-order valence-corrected chi connectivity index (χ3v) is 4.23. The zero-order valence-electron chi connectivity index (χ0n) is 16.0. The van der Waals surface area contributed by atoms with Crippen molar-refractivity contribution in [3.8, 4) is 51.8 Å². The highest BCUT2D eigenvalue weighted by molar-refractivity contribution is 5.85. The number of pyridine rings is 2. The molecule has 28 heavy (non-hydrogen) atoms. The quantitative estimate of drug-likeness (QED) is 0.647. The van der Waals surface area contributed by atoms with E-state index in [0.29, 0.717) is 51.3 Å². The van der Waals surface area contributed by atoms with E-state index in [2.05, 4.69) is 16.0 Å². The molecule has 0 saturated carbocycles. The molecule has 2 heterocycles. The Morgan fingerprint density at radius 1 is 0.643 bits per heavy atom. The van der Waals surface area contributed by atoms with Crippen LogP contribution in [0.2, 0.25) is 0 Å². The number of nitrogens with zero attached hydrogens (tertiary/aromatic N) is 3. The van der Waals surface area contributed by atoms with Gasteiger partial charge in [0, 0.05) is 34.4 Å². The van der Waals surface area contributed by atoms with Gasteiger partial charge in [-0.25, -0.2) is 0 Å². The highest BCUT2D eigenvalue weighted by Crippen LogP contribution is 2.39. The second-order valence-electron chi connectivity index (χ2n) is 5.66. The van der Waals surface area contributed by atoms with Crippen LogP contribution in [0, 0.1) is 11.3 Å². The molecule has 0 spiro atoms. The molecule has 0 atom stereocenters. The molecule has 0 saturated heterocycles. The summed E-state index contributed by atoms with van der Waals surface area (Å²) in [6.45, 7) is 0. The van der Waals surface area contributed by atoms with Crippen molar-refractivity contribution in [2.45, 2.75) is 0 Å². The molecule has 7 heteroatoms. The first-order valence-electron chi connectivity index (χ1n) is 8.38. The molecule has 3 rings (SSSR count). The Morgan fingerprint density at radius 2 is 1.11 bits per heavy atom. The highest BCUT2D eigenvalue weighted by atomic mass is 16.5. The Hall–Kier alpha value is -3.79. The first-order valence-corrected chi connectivity index (χ1v) is 8.38. The standard InChI is InChI=1S/C21H19N3O4/c1-25-18-10-8-15(20(23-18)27-3)13-6-5-7-14(17(13)12-22)16-9-11-19(26-2)24-21(16)28-4/h5-11H,1-4H3. The molecule has 1 aromatic carbocycles. The van der Waals surface area contributed by atoms with E-state index in [1.165, 1.54) is 28.4 Å². The fourth-order valence-electron chi connectivity index (χ4n) is 2.92. The molecule has 0 bridgehead atoms. The second-order valence-corrected chi connectivity index (χ2v) is 5.66. The summed E-state index contributed by atoms with van der Waals surface area (Å²) in [5.41, 5.74) is 3.19. The van der Waals surface area contributed by atoms with E-state index >= 15 is 0 Å². The van der Waals surface area contributed by atoms with Crippen molar-refractivity contribution in [3.05, 3.63) is 48.0 Å². The number of rotatable bonds is 6. The van der Waals surface area contributed by atoms with Crippen LogP contribution >= 0.6 is 0 Å². The summed E-state index contributed by atoms with van der Waals surface area (Å²) >= 11 is 0. The minimum atomic E-state index is 0.368. The van der Waals surface area contributed by atoms with E-state index in [1.54, 1.807) is 12.1 Å². The molecule has 2 aromatic heterocycles. The van der Waals surface area contributed by atoms with E-state index in [1.807, 2.05) is 30.3 Å². The monoisotopic (exact) mass is 377 g/mol. The smallest absolute Gasteiger partial charge is 0.224 e. The average molecular weight is 377 g/mol. The Labute approximate surface area is 163 Å². The molecular weight excluding hydrogens is 358 g/mol. The normalized spacial score (nSPS) is 10.1. The van der Waals surface area contributed by atoms with E-state index in [-0.39, 0.29) is 0 Å². The van der Waals surface area contributed by atoms with Crippen molar-refractivity contribution in [1.82, 2.24) is 9.97 Å². The summed E-state index contributed by atoms with van der Waals surface area (Å²) in [7, 11) is 6.12. The molecule has 0 fully saturated rings. The van der Waals surface area contributed by atoms with Crippen LogP contribution < -0.4 is 18.9 Å². The number of nitriles is 1. The fraction of sp³-hybridized carbons (Fsp3) is 0.190. The number of aromatic nitrogens is 2. The van der Waals surface area contributed by atoms with E-state index in [0.717, 1.165) is 0 Å². The van der Waals surface area contributed by atoms with Gasteiger partial charge in [-0.1, -0.05) is 18.2 Å². The van der Waals surface area contributed by atoms with E-state index in [9.17, 15) is 5.26 Å². The lowest BCUT2D eigenvalue weighted by molar-refractivity contribution is 0.365. The van der Waals surface area contributed by atoms with Crippen LogP contribution in [0.1, 0.15) is 5.56 Å². The van der Waals surface area contributed by atoms with Gasteiger partial charge in [-0.05, 0) is 12.1 Å². The van der Waals surface area contributed by atoms with Crippen molar-refractivity contribution < 1.29 is 18.9 Å². The summed E-state index contributed by atoms with van der Waals surface area (Å²) in [5, 5.41) is 9.93. The van der Waals surface area contributed by atoms with Crippen LogP contribution in [0.25, 0.3) is 22.3 Å². The molecular formula is C21H19N3O4. The van der Waals surface area contributed by atoms with Gasteiger partial charge in [-0.15, -0.1) is 0 Å². The number of ether oxygens (including phenoxy) is 4. The lowest BCUT2D eigenvalue weighted by Crippen LogP contribution is -1.99. The lowest BCUT2D eigenvalue weighted by atomic mass is 9.93. The van der Waals surface area contributed by atoms with Crippen molar-refractivity contribution in [2.75, 3.05) is 28.4 Å². The molecule has 142 valence electrons. The predicted octanol–water partition coefficient (Wildman–Crippen LogP) is 3.72. The van der Waals surface area contributed by atoms with Crippen molar-refractivity contribution in [2.24, 2.45) is 0 Å². The third-order valence-electron chi connectivity index (χ3n) is 4.23. The summed E-state index contributed by atoms with van der Waals surface area (Å²) in [4.78, 5) is 8.63. The number of methoxy groups -OCH3 is 4. The van der Waals surface area contributed by atoms with Gasteiger partial charge >= 0.3 is 0 Å². The van der Waals surface area contributed by atoms with Crippen LogP contribution in [0.5, 0.6) is 23.5 Å². The number of hydrogen-bond acceptors (Lipinski definition) is 7. The Morgan fingerprint density at radius 3 is 1.46 bits per heavy atom. The number of benzene rings is 1. The first kappa shape index (κ1) is 19.0. The molecule has 0 radical (unpaired) electrons. The molecule has 0 N–H and O–H groups in total. The molecule has 0 unspecified atom stereocenters. The van der Waals surface area contributed by atoms with Gasteiger partial charge in [0.25, 0.3) is 0 Å². The molecule has 0 aliphatic heterocycles. The Bertz CT molecular complexity index is 971. The highest BCUT2D eigenvalue weighted by Gasteiger charge is 2.19. The van der Waals surface area contributed by atoms with Crippen LogP contribution in [-0.4, -0.2) is 38.4 Å². The Kier molecular flexibility index (Phi) is 5.61. The van der Waals surface area contributed by atoms with E-state index in [4.69, 9.17) is 18.9 Å². The molecule has 0 aliphatic rings. The van der Waals surface area contributed by atoms with Gasteiger partial charge in [0.1, 0.15) is 6.07 Å². The minimum absolute atomic E-state index is 0.368. The fourth-order valence-corrected chi connectivity index (χ4v) is 2.92. The van der Waals surface area contributed by atoms with Crippen LogP contribution in [0.3, 0.4) is 0 Å². The Balaban J connectivity index is 2.23. The summed E-state index contributed by atoms with van der Waals surface area (Å²) in [5.74, 6) is 1.59. The summed E-state index contributed by atoms with van der Waals surface area (Å²) in [6.07, 6.45) is 0. The van der Waals surface area contributed by atoms with Gasteiger partial charge in [0.05, 0.1) is 34.0 Å². The minimum Gasteiger partial charge on any atom is -0.481 e. The zero-order chi connectivity index (χ0) is 20.1. The molecule has 0 aliphatic carbocycles. The average Bonchev–Trinajstić information content (AvgIpc) is 2.77. The van der Waals surface area contributed by atoms with Gasteiger partial charge in [-0.3, -0.25) is 0 Å². The maximum absolute atomic E-state index is 9.93. The summed E-state index contributed by atoms with van der Waals surface area (Å²) < 4.78 is 21.1. The maximum Gasteiger partial charge on any atom is 0.224 e. The van der Waals surface area contributed by atoms with Gasteiger partial charge in [0.2, 0.25) is 23.5 Å². The van der Waals surface area contributed by atoms with E-state index < -0.39 is 0 Å². The van der Waals surface area contributed by atoms with Gasteiger partial charge in [-0.2, -0.15) is 15.2 Å². The van der Waals surface area contributed by atoms with Gasteiger partial charge < -0.3 is 18.9 Å². The van der Waals surface area contributed by atoms with Crippen molar-refractivity contribution in [3.63, 3.8) is 0 Å². The third kappa shape index (κ3) is 3.40. The zero-order valence-corrected chi connectivity index (χ0v) is 16.0. The maximum atomic E-state index is 9.93. The SMILES string of the molecule is COc1ccc(-c2cccc(-c3ccc(OC)nc3OC)c2C#N)c(OC)n1. The summed E-state index contributed by atoms with van der Waals surface area (Å²) in [6, 6.07) is 14.9. The predicted molar refractivity (Wildman–Crippen MR) is 104 cm³/mol. The molecule has 0 amide bonds.